The maximum Gasteiger partial charge on any atom is 0.248 e. The molecule has 0 radical (unpaired) electrons. The van der Waals surface area contributed by atoms with Gasteiger partial charge in [-0.3, -0.25) is 14.6 Å². The normalized spacial score (nSPS) is 23.9. The first-order valence-electron chi connectivity index (χ1n) is 13.4. The number of benzene rings is 1. The highest BCUT2D eigenvalue weighted by Crippen LogP contribution is 2.31. The number of carbonyl (C=O) groups is 1. The first-order chi connectivity index (χ1) is 17.1. The van der Waals surface area contributed by atoms with Crippen LogP contribution in [0.4, 0.5) is 0 Å². The van der Waals surface area contributed by atoms with E-state index in [1.807, 2.05) is 44.9 Å². The van der Waals surface area contributed by atoms with Crippen molar-refractivity contribution in [2.75, 3.05) is 60.0 Å². The van der Waals surface area contributed by atoms with E-state index in [0.29, 0.717) is 10.9 Å². The summed E-state index contributed by atoms with van der Waals surface area (Å²) in [4.78, 5) is 20.2. The van der Waals surface area contributed by atoms with E-state index in [1.54, 1.807) is 7.05 Å². The average molecular weight is 521 g/mol. The van der Waals surface area contributed by atoms with E-state index in [9.17, 15) is 13.2 Å². The summed E-state index contributed by atoms with van der Waals surface area (Å²) in [5, 5.41) is 0. The lowest BCUT2D eigenvalue weighted by molar-refractivity contribution is -0.136. The highest BCUT2D eigenvalue weighted by atomic mass is 32.2. The van der Waals surface area contributed by atoms with Crippen LogP contribution in [-0.2, 0) is 19.6 Å². The Labute approximate surface area is 217 Å². The van der Waals surface area contributed by atoms with Gasteiger partial charge in [-0.15, -0.1) is 0 Å². The lowest BCUT2D eigenvalue weighted by atomic mass is 10.1. The summed E-state index contributed by atoms with van der Waals surface area (Å²) in [6.45, 7) is 10.6. The van der Waals surface area contributed by atoms with Crippen LogP contribution in [0.2, 0.25) is 0 Å². The van der Waals surface area contributed by atoms with Crippen LogP contribution in [0, 0.1) is 20.8 Å². The standard InChI is InChI=1S/C27H44N4O4S/c1-20-16-21(2)27(22(3)17-20)36(33,34)28(4)14-15-35-19-26(32)29(5)24-8-9-25(18-24)31-12-10-30(11-13-31)23-6-7-23/h16-17,23-25H,6-15,18-19H2,1-5H3/t24-,25+/m1/s1. The van der Waals surface area contributed by atoms with Crippen LogP contribution in [0.1, 0.15) is 48.8 Å². The Hall–Kier alpha value is -1.52. The van der Waals surface area contributed by atoms with Gasteiger partial charge in [0.15, 0.2) is 0 Å². The molecule has 0 spiro atoms. The van der Waals surface area contributed by atoms with Crippen molar-refractivity contribution in [3.8, 4) is 0 Å². The third-order valence-electron chi connectivity index (χ3n) is 8.30. The summed E-state index contributed by atoms with van der Waals surface area (Å²) < 4.78 is 33.1. The molecule has 3 fully saturated rings. The van der Waals surface area contributed by atoms with E-state index in [2.05, 4.69) is 9.80 Å². The number of rotatable bonds is 10. The molecular weight excluding hydrogens is 476 g/mol. The fourth-order valence-electron chi connectivity index (χ4n) is 6.03. The zero-order valence-electron chi connectivity index (χ0n) is 22.7. The van der Waals surface area contributed by atoms with Crippen molar-refractivity contribution in [2.45, 2.75) is 75.9 Å². The lowest BCUT2D eigenvalue weighted by Gasteiger charge is -2.38. The van der Waals surface area contributed by atoms with Gasteiger partial charge >= 0.3 is 0 Å². The minimum absolute atomic E-state index is 0.0196. The first-order valence-corrected chi connectivity index (χ1v) is 14.9. The molecule has 2 atom stereocenters. The Morgan fingerprint density at radius 2 is 1.50 bits per heavy atom. The second-order valence-corrected chi connectivity index (χ2v) is 13.0. The molecule has 1 saturated heterocycles. The highest BCUT2D eigenvalue weighted by Gasteiger charge is 2.37. The van der Waals surface area contributed by atoms with Gasteiger partial charge in [0.25, 0.3) is 0 Å². The Morgan fingerprint density at radius 3 is 2.08 bits per heavy atom. The molecule has 1 aliphatic heterocycles. The third-order valence-corrected chi connectivity index (χ3v) is 10.5. The second-order valence-electron chi connectivity index (χ2n) is 11.0. The smallest absolute Gasteiger partial charge is 0.248 e. The fraction of sp³-hybridized carbons (Fsp3) is 0.741. The monoisotopic (exact) mass is 520 g/mol. The van der Waals surface area contributed by atoms with Crippen molar-refractivity contribution in [1.82, 2.24) is 19.0 Å². The summed E-state index contributed by atoms with van der Waals surface area (Å²) in [6.07, 6.45) is 5.96. The molecule has 202 valence electrons. The van der Waals surface area contributed by atoms with E-state index in [0.717, 1.165) is 55.1 Å². The lowest BCUT2D eigenvalue weighted by Crippen LogP contribution is -2.50. The van der Waals surface area contributed by atoms with Gasteiger partial charge < -0.3 is 9.64 Å². The fourth-order valence-corrected chi connectivity index (χ4v) is 7.59. The molecule has 2 saturated carbocycles. The van der Waals surface area contributed by atoms with Gasteiger partial charge in [0.1, 0.15) is 6.61 Å². The average Bonchev–Trinajstić information content (AvgIpc) is 3.56. The second kappa shape index (κ2) is 11.5. The number of piperazine rings is 1. The molecule has 1 amide bonds. The molecule has 8 nitrogen and oxygen atoms in total. The summed E-state index contributed by atoms with van der Waals surface area (Å²) >= 11 is 0. The van der Waals surface area contributed by atoms with Crippen LogP contribution in [0.15, 0.2) is 17.0 Å². The Balaban J connectivity index is 1.18. The van der Waals surface area contributed by atoms with E-state index >= 15 is 0 Å². The number of carbonyl (C=O) groups excluding carboxylic acids is 1. The number of hydrogen-bond donors (Lipinski definition) is 0. The van der Waals surface area contributed by atoms with Crippen molar-refractivity contribution < 1.29 is 17.9 Å². The van der Waals surface area contributed by atoms with Gasteiger partial charge in [-0.05, 0) is 64.0 Å². The summed E-state index contributed by atoms with van der Waals surface area (Å²) in [7, 11) is -0.176. The molecule has 4 rings (SSSR count). The van der Waals surface area contributed by atoms with Crippen LogP contribution in [0.25, 0.3) is 0 Å². The van der Waals surface area contributed by atoms with E-state index in [4.69, 9.17) is 4.74 Å². The number of aryl methyl sites for hydroxylation is 3. The third kappa shape index (κ3) is 6.30. The van der Waals surface area contributed by atoms with Crippen LogP contribution < -0.4 is 0 Å². The molecule has 0 N–H and O–H groups in total. The van der Waals surface area contributed by atoms with Gasteiger partial charge in [-0.1, -0.05) is 17.7 Å². The van der Waals surface area contributed by atoms with Crippen molar-refractivity contribution in [3.05, 3.63) is 28.8 Å². The number of hydrogen-bond acceptors (Lipinski definition) is 6. The van der Waals surface area contributed by atoms with Gasteiger partial charge in [0.2, 0.25) is 15.9 Å². The largest absolute Gasteiger partial charge is 0.370 e. The predicted octanol–water partition coefficient (Wildman–Crippen LogP) is 2.41. The van der Waals surface area contributed by atoms with Crippen molar-refractivity contribution in [2.24, 2.45) is 0 Å². The molecule has 36 heavy (non-hydrogen) atoms. The molecule has 0 aromatic heterocycles. The van der Waals surface area contributed by atoms with E-state index < -0.39 is 10.0 Å². The zero-order chi connectivity index (χ0) is 26.0. The summed E-state index contributed by atoms with van der Waals surface area (Å²) in [5.74, 6) is -0.0325. The van der Waals surface area contributed by atoms with Crippen molar-refractivity contribution in [3.63, 3.8) is 0 Å². The van der Waals surface area contributed by atoms with E-state index in [-0.39, 0.29) is 31.7 Å². The molecule has 1 aromatic rings. The molecule has 0 bridgehead atoms. The number of amides is 1. The summed E-state index contributed by atoms with van der Waals surface area (Å²) in [6, 6.07) is 5.45. The quantitative estimate of drug-likeness (QED) is 0.441. The first kappa shape index (κ1) is 27.5. The molecular formula is C27H44N4O4S. The Kier molecular flexibility index (Phi) is 8.77. The van der Waals surface area contributed by atoms with Crippen molar-refractivity contribution >= 4 is 15.9 Å². The predicted molar refractivity (Wildman–Crippen MR) is 142 cm³/mol. The molecule has 9 heteroatoms. The maximum atomic E-state index is 13.1. The van der Waals surface area contributed by atoms with Crippen LogP contribution in [0.5, 0.6) is 0 Å². The molecule has 2 aliphatic carbocycles. The van der Waals surface area contributed by atoms with Gasteiger partial charge in [0, 0.05) is 64.9 Å². The summed E-state index contributed by atoms with van der Waals surface area (Å²) in [5.41, 5.74) is 2.54. The van der Waals surface area contributed by atoms with Crippen LogP contribution >= 0.6 is 0 Å². The highest BCUT2D eigenvalue weighted by molar-refractivity contribution is 7.89. The Bertz CT molecular complexity index is 1010. The minimum atomic E-state index is -3.62. The minimum Gasteiger partial charge on any atom is -0.370 e. The van der Waals surface area contributed by atoms with E-state index in [1.165, 1.54) is 30.2 Å². The van der Waals surface area contributed by atoms with Crippen LogP contribution in [-0.4, -0.2) is 111 Å². The van der Waals surface area contributed by atoms with Crippen LogP contribution in [0.3, 0.4) is 0 Å². The molecule has 3 aliphatic rings. The van der Waals surface area contributed by atoms with Gasteiger partial charge in [0.05, 0.1) is 11.5 Å². The van der Waals surface area contributed by atoms with Crippen molar-refractivity contribution in [1.29, 1.82) is 0 Å². The SMILES string of the molecule is Cc1cc(C)c(S(=O)(=O)N(C)CCOCC(=O)N(C)[C@@H]2CC[C@H](N3CCN(C4CC4)CC3)C2)c(C)c1. The molecule has 0 unspecified atom stereocenters. The molecule has 1 heterocycles. The number of nitrogens with zero attached hydrogens (tertiary/aromatic N) is 4. The molecule has 1 aromatic carbocycles. The van der Waals surface area contributed by atoms with Gasteiger partial charge in [-0.2, -0.15) is 4.31 Å². The number of ether oxygens (including phenoxy) is 1. The Morgan fingerprint density at radius 1 is 0.944 bits per heavy atom. The topological polar surface area (TPSA) is 73.4 Å². The van der Waals surface area contributed by atoms with Gasteiger partial charge in [-0.25, -0.2) is 8.42 Å². The zero-order valence-corrected chi connectivity index (χ0v) is 23.5. The number of likely N-dealkylation sites (N-methyl/N-ethyl adjacent to an activating group) is 2. The number of sulfonamides is 1. The maximum absolute atomic E-state index is 13.1.